The van der Waals surface area contributed by atoms with E-state index in [2.05, 4.69) is 22.4 Å². The molecule has 1 fully saturated rings. The maximum atomic E-state index is 3.93. The molecule has 78 valence electrons. The van der Waals surface area contributed by atoms with Gasteiger partial charge in [0.25, 0.3) is 0 Å². The first-order valence-corrected chi connectivity index (χ1v) is 5.59. The predicted octanol–water partition coefficient (Wildman–Crippen LogP) is 2.08. The molecule has 3 heteroatoms. The standard InChI is InChI=1S/C11H19N3/c1-2-9-3-4-11(5-9)12-6-10-7-13-14-8-10/h7-9,11-12H,2-6H2,1H3,(H,13,14). The van der Waals surface area contributed by atoms with Crippen molar-refractivity contribution in [3.63, 3.8) is 0 Å². The number of hydrogen-bond acceptors (Lipinski definition) is 2. The average molecular weight is 193 g/mol. The van der Waals surface area contributed by atoms with E-state index in [9.17, 15) is 0 Å². The molecule has 0 saturated heterocycles. The van der Waals surface area contributed by atoms with Gasteiger partial charge in [-0.1, -0.05) is 13.3 Å². The Kier molecular flexibility index (Phi) is 3.19. The van der Waals surface area contributed by atoms with Crippen LogP contribution in [0.15, 0.2) is 12.4 Å². The molecule has 2 rings (SSSR count). The topological polar surface area (TPSA) is 40.7 Å². The first kappa shape index (κ1) is 9.71. The van der Waals surface area contributed by atoms with E-state index in [-0.39, 0.29) is 0 Å². The van der Waals surface area contributed by atoms with Crippen LogP contribution in [0, 0.1) is 5.92 Å². The van der Waals surface area contributed by atoms with Gasteiger partial charge in [-0.05, 0) is 25.2 Å². The Morgan fingerprint density at radius 1 is 1.57 bits per heavy atom. The molecule has 0 spiro atoms. The second kappa shape index (κ2) is 4.60. The van der Waals surface area contributed by atoms with E-state index < -0.39 is 0 Å². The molecule has 0 radical (unpaired) electrons. The van der Waals surface area contributed by atoms with Crippen LogP contribution in [0.2, 0.25) is 0 Å². The number of nitrogens with one attached hydrogen (secondary N) is 2. The van der Waals surface area contributed by atoms with Gasteiger partial charge >= 0.3 is 0 Å². The van der Waals surface area contributed by atoms with E-state index in [0.717, 1.165) is 18.5 Å². The zero-order valence-electron chi connectivity index (χ0n) is 8.79. The molecule has 1 aliphatic rings. The SMILES string of the molecule is CCC1CCC(NCc2cn[nH]c2)C1. The lowest BCUT2D eigenvalue weighted by molar-refractivity contribution is 0.477. The number of nitrogens with zero attached hydrogens (tertiary/aromatic N) is 1. The number of aromatic amines is 1. The van der Waals surface area contributed by atoms with Crippen molar-refractivity contribution in [2.24, 2.45) is 5.92 Å². The van der Waals surface area contributed by atoms with Gasteiger partial charge in [0, 0.05) is 24.3 Å². The Hall–Kier alpha value is -0.830. The third kappa shape index (κ3) is 2.35. The molecule has 0 aliphatic heterocycles. The van der Waals surface area contributed by atoms with Gasteiger partial charge in [0.2, 0.25) is 0 Å². The predicted molar refractivity (Wildman–Crippen MR) is 56.8 cm³/mol. The minimum Gasteiger partial charge on any atom is -0.310 e. The molecule has 1 saturated carbocycles. The molecule has 2 atom stereocenters. The molecule has 0 aromatic carbocycles. The van der Waals surface area contributed by atoms with E-state index in [1.807, 2.05) is 12.4 Å². The Bertz CT molecular complexity index is 256. The van der Waals surface area contributed by atoms with Crippen molar-refractivity contribution >= 4 is 0 Å². The first-order chi connectivity index (χ1) is 6.88. The highest BCUT2D eigenvalue weighted by Gasteiger charge is 2.22. The van der Waals surface area contributed by atoms with Crippen molar-refractivity contribution < 1.29 is 0 Å². The van der Waals surface area contributed by atoms with E-state index in [1.165, 1.54) is 31.2 Å². The summed E-state index contributed by atoms with van der Waals surface area (Å²) in [4.78, 5) is 0. The lowest BCUT2D eigenvalue weighted by atomic mass is 10.1. The van der Waals surface area contributed by atoms with Crippen molar-refractivity contribution in [2.75, 3.05) is 0 Å². The molecule has 1 aromatic rings. The van der Waals surface area contributed by atoms with Crippen molar-refractivity contribution in [2.45, 2.75) is 45.2 Å². The smallest absolute Gasteiger partial charge is 0.0532 e. The number of aromatic nitrogens is 2. The molecule has 2 N–H and O–H groups in total. The van der Waals surface area contributed by atoms with Gasteiger partial charge in [0.05, 0.1) is 6.20 Å². The van der Waals surface area contributed by atoms with Gasteiger partial charge in [0.15, 0.2) is 0 Å². The van der Waals surface area contributed by atoms with Gasteiger partial charge < -0.3 is 5.32 Å². The Morgan fingerprint density at radius 3 is 3.14 bits per heavy atom. The Balaban J connectivity index is 1.72. The summed E-state index contributed by atoms with van der Waals surface area (Å²) in [5.74, 6) is 0.955. The zero-order chi connectivity index (χ0) is 9.80. The first-order valence-electron chi connectivity index (χ1n) is 5.59. The van der Waals surface area contributed by atoms with Gasteiger partial charge in [-0.15, -0.1) is 0 Å². The second-order valence-electron chi connectivity index (χ2n) is 4.27. The summed E-state index contributed by atoms with van der Waals surface area (Å²) in [5, 5.41) is 10.4. The van der Waals surface area contributed by atoms with Gasteiger partial charge in [-0.3, -0.25) is 5.10 Å². The van der Waals surface area contributed by atoms with Gasteiger partial charge in [-0.2, -0.15) is 5.10 Å². The molecule has 14 heavy (non-hydrogen) atoms. The normalized spacial score (nSPS) is 26.9. The quantitative estimate of drug-likeness (QED) is 0.768. The van der Waals surface area contributed by atoms with E-state index in [4.69, 9.17) is 0 Å². The molecule has 1 aliphatic carbocycles. The lowest BCUT2D eigenvalue weighted by Crippen LogP contribution is -2.25. The summed E-state index contributed by atoms with van der Waals surface area (Å²) in [7, 11) is 0. The maximum Gasteiger partial charge on any atom is 0.0532 e. The van der Waals surface area contributed by atoms with E-state index in [0.29, 0.717) is 0 Å². The number of hydrogen-bond donors (Lipinski definition) is 2. The summed E-state index contributed by atoms with van der Waals surface area (Å²) in [6, 6.07) is 0.731. The molecule has 3 nitrogen and oxygen atoms in total. The molecular formula is C11H19N3. The van der Waals surface area contributed by atoms with Crippen LogP contribution in [0.4, 0.5) is 0 Å². The fourth-order valence-electron chi connectivity index (χ4n) is 2.27. The van der Waals surface area contributed by atoms with Crippen LogP contribution in [-0.2, 0) is 6.54 Å². The minimum atomic E-state index is 0.731. The average Bonchev–Trinajstić information content (AvgIpc) is 2.86. The summed E-state index contributed by atoms with van der Waals surface area (Å²) in [6.45, 7) is 3.25. The van der Waals surface area contributed by atoms with E-state index >= 15 is 0 Å². The van der Waals surface area contributed by atoms with Crippen molar-refractivity contribution in [3.8, 4) is 0 Å². The van der Waals surface area contributed by atoms with E-state index in [1.54, 1.807) is 0 Å². The van der Waals surface area contributed by atoms with Crippen LogP contribution in [0.3, 0.4) is 0 Å². The van der Waals surface area contributed by atoms with Crippen LogP contribution in [0.25, 0.3) is 0 Å². The van der Waals surface area contributed by atoms with Crippen molar-refractivity contribution in [1.82, 2.24) is 15.5 Å². The van der Waals surface area contributed by atoms with Crippen molar-refractivity contribution in [3.05, 3.63) is 18.0 Å². The third-order valence-corrected chi connectivity index (χ3v) is 3.27. The van der Waals surface area contributed by atoms with Crippen LogP contribution in [-0.4, -0.2) is 16.2 Å². The zero-order valence-corrected chi connectivity index (χ0v) is 8.79. The number of rotatable bonds is 4. The largest absolute Gasteiger partial charge is 0.310 e. The minimum absolute atomic E-state index is 0.731. The monoisotopic (exact) mass is 193 g/mol. The third-order valence-electron chi connectivity index (χ3n) is 3.27. The highest BCUT2D eigenvalue weighted by atomic mass is 15.1. The van der Waals surface area contributed by atoms with Crippen molar-refractivity contribution in [1.29, 1.82) is 0 Å². The summed E-state index contributed by atoms with van der Waals surface area (Å²) in [6.07, 6.45) is 9.28. The highest BCUT2D eigenvalue weighted by molar-refractivity contribution is 5.02. The maximum absolute atomic E-state index is 3.93. The fourth-order valence-corrected chi connectivity index (χ4v) is 2.27. The Labute approximate surface area is 85.3 Å². The molecule has 0 bridgehead atoms. The summed E-state index contributed by atoms with van der Waals surface area (Å²) >= 11 is 0. The number of H-pyrrole nitrogens is 1. The van der Waals surface area contributed by atoms with Gasteiger partial charge in [-0.25, -0.2) is 0 Å². The molecular weight excluding hydrogens is 174 g/mol. The Morgan fingerprint density at radius 2 is 2.50 bits per heavy atom. The van der Waals surface area contributed by atoms with Crippen LogP contribution >= 0.6 is 0 Å². The highest BCUT2D eigenvalue weighted by Crippen LogP contribution is 2.27. The van der Waals surface area contributed by atoms with Crippen LogP contribution < -0.4 is 5.32 Å². The summed E-state index contributed by atoms with van der Waals surface area (Å²) in [5.41, 5.74) is 1.25. The van der Waals surface area contributed by atoms with Crippen LogP contribution in [0.5, 0.6) is 0 Å². The fraction of sp³-hybridized carbons (Fsp3) is 0.727. The lowest BCUT2D eigenvalue weighted by Gasteiger charge is -2.11. The molecule has 1 aromatic heterocycles. The molecule has 1 heterocycles. The molecule has 0 amide bonds. The molecule has 2 unspecified atom stereocenters. The summed E-state index contributed by atoms with van der Waals surface area (Å²) < 4.78 is 0. The second-order valence-corrected chi connectivity index (χ2v) is 4.27. The van der Waals surface area contributed by atoms with Gasteiger partial charge in [0.1, 0.15) is 0 Å². The van der Waals surface area contributed by atoms with Crippen LogP contribution in [0.1, 0.15) is 38.2 Å².